The fraction of sp³-hybridized carbons (Fsp3) is 0.0909. The third-order valence-electron chi connectivity index (χ3n) is 2.10. The van der Waals surface area contributed by atoms with E-state index in [-0.39, 0.29) is 22.8 Å². The Bertz CT molecular complexity index is 669. The number of carboxylic acid groups (broad SMARTS) is 1. The summed E-state index contributed by atoms with van der Waals surface area (Å²) in [5.74, 6) is -1.06. The molecule has 7 nitrogen and oxygen atoms in total. The smallest absolute Gasteiger partial charge is 0.328 e. The van der Waals surface area contributed by atoms with Crippen LogP contribution in [0.3, 0.4) is 0 Å². The fourth-order valence-electron chi connectivity index (χ4n) is 1.29. The van der Waals surface area contributed by atoms with Crippen molar-refractivity contribution < 1.29 is 14.3 Å². The van der Waals surface area contributed by atoms with Crippen molar-refractivity contribution in [2.75, 3.05) is 0 Å². The van der Waals surface area contributed by atoms with Crippen molar-refractivity contribution in [1.82, 2.24) is 15.2 Å². The minimum absolute atomic E-state index is 0.0207. The lowest BCUT2D eigenvalue weighted by Crippen LogP contribution is -2.05. The quantitative estimate of drug-likeness (QED) is 0.777. The average molecular weight is 247 g/mol. The van der Waals surface area contributed by atoms with Crippen LogP contribution in [0.2, 0.25) is 0 Å². The Morgan fingerprint density at radius 3 is 2.94 bits per heavy atom. The van der Waals surface area contributed by atoms with Gasteiger partial charge in [0, 0.05) is 30.1 Å². The lowest BCUT2D eigenvalue weighted by molar-refractivity contribution is -0.131. The number of aromatic amines is 1. The summed E-state index contributed by atoms with van der Waals surface area (Å²) in [6, 6.07) is 1.41. The van der Waals surface area contributed by atoms with Crippen molar-refractivity contribution in [3.8, 4) is 11.5 Å². The normalized spacial score (nSPS) is 10.9. The molecule has 2 aromatic heterocycles. The van der Waals surface area contributed by atoms with Gasteiger partial charge in [-0.3, -0.25) is 4.79 Å². The first-order valence-electron chi connectivity index (χ1n) is 5.00. The summed E-state index contributed by atoms with van der Waals surface area (Å²) in [7, 11) is 0. The zero-order chi connectivity index (χ0) is 13.1. The highest BCUT2D eigenvalue weighted by atomic mass is 16.4. The van der Waals surface area contributed by atoms with Gasteiger partial charge in [0.1, 0.15) is 5.56 Å². The second-order valence-electron chi connectivity index (χ2n) is 3.51. The predicted molar refractivity (Wildman–Crippen MR) is 61.8 cm³/mol. The number of nitrogens with one attached hydrogen (secondary N) is 1. The van der Waals surface area contributed by atoms with Gasteiger partial charge in [0.15, 0.2) is 5.43 Å². The minimum Gasteiger partial charge on any atom is -0.478 e. The molecule has 0 unspecified atom stereocenters. The summed E-state index contributed by atoms with van der Waals surface area (Å²) in [5, 5.41) is 15.7. The predicted octanol–water partition coefficient (Wildman–Crippen LogP) is 0.831. The molecule has 0 fully saturated rings. The van der Waals surface area contributed by atoms with Gasteiger partial charge in [-0.05, 0) is 6.92 Å². The van der Waals surface area contributed by atoms with Crippen LogP contribution in [-0.4, -0.2) is 26.3 Å². The van der Waals surface area contributed by atoms with Gasteiger partial charge in [-0.25, -0.2) is 4.79 Å². The molecule has 7 heteroatoms. The highest BCUT2D eigenvalue weighted by Gasteiger charge is 2.10. The van der Waals surface area contributed by atoms with Crippen molar-refractivity contribution in [3.05, 3.63) is 40.1 Å². The summed E-state index contributed by atoms with van der Waals surface area (Å²) in [5.41, 5.74) is 0.709. The van der Waals surface area contributed by atoms with E-state index in [9.17, 15) is 9.59 Å². The maximum Gasteiger partial charge on any atom is 0.328 e. The van der Waals surface area contributed by atoms with Gasteiger partial charge in [-0.15, -0.1) is 10.2 Å². The topological polar surface area (TPSA) is 109 Å². The Morgan fingerprint density at radius 1 is 1.50 bits per heavy atom. The summed E-state index contributed by atoms with van der Waals surface area (Å²) in [6.45, 7) is 1.75. The van der Waals surface area contributed by atoms with Crippen LogP contribution in [0.25, 0.3) is 17.5 Å². The maximum absolute atomic E-state index is 11.7. The molecule has 2 rings (SSSR count). The number of H-pyrrole nitrogens is 1. The molecule has 18 heavy (non-hydrogen) atoms. The Balaban J connectivity index is 2.35. The molecule has 0 atom stereocenters. The standard InChI is InChI=1S/C11H9N3O4/c1-6-4-8(15)7(5-12-6)11-14-13-9(18-11)2-3-10(16)17/h2-5H,1H3,(H,12,15)(H,16,17)/b3-2+. The number of aromatic nitrogens is 3. The van der Waals surface area contributed by atoms with E-state index in [1.54, 1.807) is 6.92 Å². The molecule has 2 aromatic rings. The molecule has 0 radical (unpaired) electrons. The van der Waals surface area contributed by atoms with Crippen molar-refractivity contribution in [1.29, 1.82) is 0 Å². The van der Waals surface area contributed by atoms with Crippen LogP contribution < -0.4 is 5.43 Å². The van der Waals surface area contributed by atoms with Crippen molar-refractivity contribution >= 4 is 12.0 Å². The van der Waals surface area contributed by atoms with E-state index >= 15 is 0 Å². The zero-order valence-corrected chi connectivity index (χ0v) is 9.38. The number of nitrogens with zero attached hydrogens (tertiary/aromatic N) is 2. The summed E-state index contributed by atoms with van der Waals surface area (Å²) in [4.78, 5) is 24.8. The second-order valence-corrected chi connectivity index (χ2v) is 3.51. The van der Waals surface area contributed by atoms with Crippen molar-refractivity contribution in [2.24, 2.45) is 0 Å². The molecule has 0 saturated carbocycles. The number of carboxylic acids is 1. The molecular formula is C11H9N3O4. The molecule has 0 spiro atoms. The van der Waals surface area contributed by atoms with E-state index in [0.717, 1.165) is 12.2 Å². The van der Waals surface area contributed by atoms with E-state index in [1.165, 1.54) is 12.3 Å². The fourth-order valence-corrected chi connectivity index (χ4v) is 1.29. The number of rotatable bonds is 3. The maximum atomic E-state index is 11.7. The summed E-state index contributed by atoms with van der Waals surface area (Å²) < 4.78 is 5.15. The number of carbonyl (C=O) groups is 1. The molecular weight excluding hydrogens is 238 g/mol. The Kier molecular flexibility index (Phi) is 3.05. The molecule has 0 aliphatic heterocycles. The van der Waals surface area contributed by atoms with Gasteiger partial charge < -0.3 is 14.5 Å². The van der Waals surface area contributed by atoms with Crippen molar-refractivity contribution in [3.63, 3.8) is 0 Å². The molecule has 0 aliphatic rings. The molecule has 0 aromatic carbocycles. The van der Waals surface area contributed by atoms with Gasteiger partial charge >= 0.3 is 5.97 Å². The van der Waals surface area contributed by atoms with E-state index in [4.69, 9.17) is 9.52 Å². The van der Waals surface area contributed by atoms with Crippen LogP contribution in [0.15, 0.2) is 27.6 Å². The van der Waals surface area contributed by atoms with Crippen LogP contribution in [0.4, 0.5) is 0 Å². The van der Waals surface area contributed by atoms with Gasteiger partial charge in [0.25, 0.3) is 5.89 Å². The summed E-state index contributed by atoms with van der Waals surface area (Å²) >= 11 is 0. The van der Waals surface area contributed by atoms with Gasteiger partial charge in [-0.1, -0.05) is 0 Å². The highest BCUT2D eigenvalue weighted by molar-refractivity contribution is 5.84. The number of aliphatic carboxylic acids is 1. The van der Waals surface area contributed by atoms with Crippen molar-refractivity contribution in [2.45, 2.75) is 6.92 Å². The SMILES string of the molecule is Cc1cc(=O)c(-c2nnc(/C=C/C(=O)O)o2)c[nH]1. The number of hydrogen-bond donors (Lipinski definition) is 2. The summed E-state index contributed by atoms with van der Waals surface area (Å²) in [6.07, 6.45) is 3.49. The van der Waals surface area contributed by atoms with Crippen LogP contribution in [0, 0.1) is 6.92 Å². The van der Waals surface area contributed by atoms with Gasteiger partial charge in [0.05, 0.1) is 0 Å². The van der Waals surface area contributed by atoms with E-state index in [0.29, 0.717) is 5.69 Å². The molecule has 0 saturated heterocycles. The van der Waals surface area contributed by atoms with E-state index in [2.05, 4.69) is 15.2 Å². The van der Waals surface area contributed by atoms with Crippen LogP contribution in [-0.2, 0) is 4.79 Å². The second kappa shape index (κ2) is 4.66. The Morgan fingerprint density at radius 2 is 2.28 bits per heavy atom. The molecule has 0 aliphatic carbocycles. The lowest BCUT2D eigenvalue weighted by Gasteiger charge is -1.94. The zero-order valence-electron chi connectivity index (χ0n) is 9.38. The molecule has 0 bridgehead atoms. The van der Waals surface area contributed by atoms with Gasteiger partial charge in [-0.2, -0.15) is 0 Å². The first-order chi connectivity index (χ1) is 8.56. The minimum atomic E-state index is -1.12. The Labute approximate surface area is 101 Å². The third-order valence-corrected chi connectivity index (χ3v) is 2.10. The monoisotopic (exact) mass is 247 g/mol. The number of pyridine rings is 1. The van der Waals surface area contributed by atoms with Gasteiger partial charge in [0.2, 0.25) is 5.89 Å². The Hall–Kier alpha value is -2.70. The van der Waals surface area contributed by atoms with E-state index in [1.807, 2.05) is 0 Å². The lowest BCUT2D eigenvalue weighted by atomic mass is 10.2. The molecule has 92 valence electrons. The highest BCUT2D eigenvalue weighted by Crippen LogP contribution is 2.13. The largest absolute Gasteiger partial charge is 0.478 e. The average Bonchev–Trinajstić information content (AvgIpc) is 2.75. The molecule has 2 heterocycles. The number of aryl methyl sites for hydroxylation is 1. The molecule has 0 amide bonds. The third kappa shape index (κ3) is 2.51. The first-order valence-corrected chi connectivity index (χ1v) is 5.00. The number of hydrogen-bond acceptors (Lipinski definition) is 5. The van der Waals surface area contributed by atoms with Crippen LogP contribution >= 0.6 is 0 Å². The van der Waals surface area contributed by atoms with Crippen LogP contribution in [0.5, 0.6) is 0 Å². The van der Waals surface area contributed by atoms with Crippen LogP contribution in [0.1, 0.15) is 11.6 Å². The van der Waals surface area contributed by atoms with E-state index < -0.39 is 5.97 Å². The molecule has 2 N–H and O–H groups in total. The first kappa shape index (κ1) is 11.8.